The summed E-state index contributed by atoms with van der Waals surface area (Å²) in [4.78, 5) is 16.0. The molecule has 0 radical (unpaired) electrons. The lowest BCUT2D eigenvalue weighted by Gasteiger charge is -2.30. The van der Waals surface area contributed by atoms with Crippen LogP contribution in [0.25, 0.3) is 0 Å². The van der Waals surface area contributed by atoms with Crippen LogP contribution in [0.2, 0.25) is 0 Å². The van der Waals surface area contributed by atoms with Crippen molar-refractivity contribution in [3.63, 3.8) is 0 Å². The number of amides is 1. The van der Waals surface area contributed by atoms with Crippen LogP contribution in [0.3, 0.4) is 0 Å². The summed E-state index contributed by atoms with van der Waals surface area (Å²) in [6.45, 7) is 7.32. The zero-order valence-corrected chi connectivity index (χ0v) is 14.3. The molecular formula is C18H27NOS. The number of rotatable bonds is 5. The molecule has 1 saturated carbocycles. The normalized spacial score (nSPS) is 15.7. The zero-order chi connectivity index (χ0) is 15.4. The Bertz CT molecular complexity index is 492. The van der Waals surface area contributed by atoms with Gasteiger partial charge >= 0.3 is 0 Å². The average Bonchev–Trinajstić information content (AvgIpc) is 2.95. The van der Waals surface area contributed by atoms with E-state index in [1.165, 1.54) is 12.8 Å². The minimum atomic E-state index is 0.191. The number of carbonyl (C=O) groups excluding carboxylic acids is 1. The molecule has 116 valence electrons. The van der Waals surface area contributed by atoms with E-state index < -0.39 is 0 Å². The van der Waals surface area contributed by atoms with E-state index in [4.69, 9.17) is 0 Å². The van der Waals surface area contributed by atoms with Crippen LogP contribution in [-0.2, 0) is 0 Å². The smallest absolute Gasteiger partial charge is 0.254 e. The van der Waals surface area contributed by atoms with Crippen molar-refractivity contribution in [1.82, 2.24) is 4.90 Å². The van der Waals surface area contributed by atoms with Gasteiger partial charge in [-0.3, -0.25) is 4.79 Å². The molecular weight excluding hydrogens is 278 g/mol. The maximum atomic E-state index is 13.0. The topological polar surface area (TPSA) is 20.3 Å². The lowest BCUT2D eigenvalue weighted by molar-refractivity contribution is 0.0671. The maximum Gasteiger partial charge on any atom is 0.254 e. The van der Waals surface area contributed by atoms with Crippen LogP contribution in [0.5, 0.6) is 0 Å². The molecule has 3 heteroatoms. The maximum absolute atomic E-state index is 13.0. The van der Waals surface area contributed by atoms with E-state index in [1.807, 2.05) is 25.1 Å². The van der Waals surface area contributed by atoms with E-state index >= 15 is 0 Å². The number of aryl methyl sites for hydroxylation is 1. The number of benzene rings is 1. The molecule has 1 amide bonds. The molecule has 2 rings (SSSR count). The van der Waals surface area contributed by atoms with Gasteiger partial charge in [-0.15, -0.1) is 12.6 Å². The summed E-state index contributed by atoms with van der Waals surface area (Å²) >= 11 is 4.39. The quantitative estimate of drug-likeness (QED) is 0.781. The second-order valence-corrected chi connectivity index (χ2v) is 7.13. The van der Waals surface area contributed by atoms with E-state index in [2.05, 4.69) is 31.4 Å². The highest BCUT2D eigenvalue weighted by Crippen LogP contribution is 2.27. The third-order valence-corrected chi connectivity index (χ3v) is 4.70. The van der Waals surface area contributed by atoms with Gasteiger partial charge in [-0.1, -0.05) is 32.8 Å². The zero-order valence-electron chi connectivity index (χ0n) is 13.4. The highest BCUT2D eigenvalue weighted by molar-refractivity contribution is 7.80. The van der Waals surface area contributed by atoms with Gasteiger partial charge in [0.1, 0.15) is 0 Å². The first-order chi connectivity index (χ1) is 9.99. The van der Waals surface area contributed by atoms with Crippen molar-refractivity contribution in [2.45, 2.75) is 63.8 Å². The van der Waals surface area contributed by atoms with Crippen molar-refractivity contribution in [3.8, 4) is 0 Å². The van der Waals surface area contributed by atoms with Crippen molar-refractivity contribution >= 4 is 18.5 Å². The van der Waals surface area contributed by atoms with Gasteiger partial charge in [-0.25, -0.2) is 0 Å². The highest BCUT2D eigenvalue weighted by atomic mass is 32.1. The van der Waals surface area contributed by atoms with Gasteiger partial charge in [0.25, 0.3) is 5.91 Å². The summed E-state index contributed by atoms with van der Waals surface area (Å²) in [6.07, 6.45) is 5.89. The van der Waals surface area contributed by atoms with Crippen molar-refractivity contribution in [2.75, 3.05) is 6.54 Å². The van der Waals surface area contributed by atoms with Crippen molar-refractivity contribution in [2.24, 2.45) is 5.92 Å². The van der Waals surface area contributed by atoms with Crippen LogP contribution in [0, 0.1) is 12.8 Å². The predicted octanol–water partition coefficient (Wildman–Crippen LogP) is 4.71. The van der Waals surface area contributed by atoms with E-state index in [-0.39, 0.29) is 5.91 Å². The Kier molecular flexibility index (Phi) is 5.74. The molecule has 1 aromatic carbocycles. The number of nitrogens with zero attached hydrogens (tertiary/aromatic N) is 1. The summed E-state index contributed by atoms with van der Waals surface area (Å²) in [6, 6.07) is 6.28. The molecule has 0 spiro atoms. The number of carbonyl (C=O) groups is 1. The fourth-order valence-corrected chi connectivity index (χ4v) is 3.26. The summed E-state index contributed by atoms with van der Waals surface area (Å²) in [5.41, 5.74) is 1.86. The molecule has 0 aliphatic heterocycles. The molecule has 1 fully saturated rings. The molecule has 0 saturated heterocycles. The molecule has 2 nitrogen and oxygen atoms in total. The lowest BCUT2D eigenvalue weighted by Crippen LogP contribution is -2.40. The summed E-state index contributed by atoms with van der Waals surface area (Å²) in [5.74, 6) is 0.815. The van der Waals surface area contributed by atoms with Gasteiger partial charge in [0.15, 0.2) is 0 Å². The second-order valence-electron chi connectivity index (χ2n) is 6.62. The average molecular weight is 305 g/mol. The first kappa shape index (κ1) is 16.4. The summed E-state index contributed by atoms with van der Waals surface area (Å²) in [5, 5.41) is 0. The first-order valence-electron chi connectivity index (χ1n) is 8.09. The van der Waals surface area contributed by atoms with E-state index in [9.17, 15) is 4.79 Å². The van der Waals surface area contributed by atoms with Gasteiger partial charge < -0.3 is 4.90 Å². The molecule has 1 aliphatic carbocycles. The van der Waals surface area contributed by atoms with Gasteiger partial charge in [0.05, 0.1) is 0 Å². The molecule has 0 aromatic heterocycles. The fraction of sp³-hybridized carbons (Fsp3) is 0.611. The van der Waals surface area contributed by atoms with Crippen LogP contribution in [0.15, 0.2) is 23.1 Å². The number of thiol groups is 1. The third kappa shape index (κ3) is 4.26. The van der Waals surface area contributed by atoms with Crippen LogP contribution in [0.1, 0.15) is 61.9 Å². The first-order valence-corrected chi connectivity index (χ1v) is 8.54. The highest BCUT2D eigenvalue weighted by Gasteiger charge is 2.28. The van der Waals surface area contributed by atoms with Crippen LogP contribution < -0.4 is 0 Å². The SMILES string of the molecule is Cc1ccc(S)cc1C(=O)N(CCC(C)C)C1CCCC1. The van der Waals surface area contributed by atoms with Crippen LogP contribution in [-0.4, -0.2) is 23.4 Å². The van der Waals surface area contributed by atoms with E-state index in [0.717, 1.165) is 41.8 Å². The minimum Gasteiger partial charge on any atom is -0.336 e. The Labute approximate surface area is 134 Å². The fourth-order valence-electron chi connectivity index (χ4n) is 3.06. The molecule has 0 heterocycles. The monoisotopic (exact) mass is 305 g/mol. The van der Waals surface area contributed by atoms with Gasteiger partial charge in [-0.05, 0) is 49.8 Å². The molecule has 0 unspecified atom stereocenters. The van der Waals surface area contributed by atoms with Gasteiger partial charge in [0, 0.05) is 23.0 Å². The molecule has 0 bridgehead atoms. The number of hydrogen-bond acceptors (Lipinski definition) is 2. The van der Waals surface area contributed by atoms with E-state index in [0.29, 0.717) is 12.0 Å². The molecule has 21 heavy (non-hydrogen) atoms. The molecule has 1 aromatic rings. The Hall–Kier alpha value is -0.960. The predicted molar refractivity (Wildman–Crippen MR) is 91.2 cm³/mol. The Balaban J connectivity index is 2.21. The number of hydrogen-bond donors (Lipinski definition) is 1. The summed E-state index contributed by atoms with van der Waals surface area (Å²) in [7, 11) is 0. The van der Waals surface area contributed by atoms with Crippen molar-refractivity contribution < 1.29 is 4.79 Å². The standard InChI is InChI=1S/C18H27NOS/c1-13(2)10-11-19(15-6-4-5-7-15)18(20)17-12-16(21)9-8-14(17)3/h8-9,12-13,15,21H,4-7,10-11H2,1-3H3. The largest absolute Gasteiger partial charge is 0.336 e. The molecule has 0 N–H and O–H groups in total. The van der Waals surface area contributed by atoms with Crippen LogP contribution in [0.4, 0.5) is 0 Å². The van der Waals surface area contributed by atoms with E-state index in [1.54, 1.807) is 0 Å². The Morgan fingerprint density at radius 3 is 2.62 bits per heavy atom. The lowest BCUT2D eigenvalue weighted by atomic mass is 10.0. The second kappa shape index (κ2) is 7.35. The molecule has 1 aliphatic rings. The van der Waals surface area contributed by atoms with Gasteiger partial charge in [0.2, 0.25) is 0 Å². The summed E-state index contributed by atoms with van der Waals surface area (Å²) < 4.78 is 0. The van der Waals surface area contributed by atoms with Crippen molar-refractivity contribution in [1.29, 1.82) is 0 Å². The van der Waals surface area contributed by atoms with Crippen LogP contribution >= 0.6 is 12.6 Å². The minimum absolute atomic E-state index is 0.191. The van der Waals surface area contributed by atoms with Crippen molar-refractivity contribution in [3.05, 3.63) is 29.3 Å². The van der Waals surface area contributed by atoms with Gasteiger partial charge in [-0.2, -0.15) is 0 Å². The Morgan fingerprint density at radius 2 is 2.00 bits per heavy atom. The Morgan fingerprint density at radius 1 is 1.33 bits per heavy atom. The third-order valence-electron chi connectivity index (χ3n) is 4.43. The molecule has 0 atom stereocenters.